The Morgan fingerprint density at radius 1 is 1.32 bits per heavy atom. The topological polar surface area (TPSA) is 102 Å². The number of aliphatic imine (C=N–C) groups is 2. The highest BCUT2D eigenvalue weighted by molar-refractivity contribution is 7.13. The molecule has 0 saturated heterocycles. The molecule has 7 heteroatoms. The van der Waals surface area contributed by atoms with Crippen molar-refractivity contribution in [2.45, 2.75) is 37.6 Å². The quantitative estimate of drug-likeness (QED) is 0.565. The summed E-state index contributed by atoms with van der Waals surface area (Å²) in [7, 11) is 0. The Bertz CT molecular complexity index is 812. The third kappa shape index (κ3) is 3.51. The summed E-state index contributed by atoms with van der Waals surface area (Å²) in [6.45, 7) is 0. The number of nitrogens with one attached hydrogen (secondary N) is 1. The number of aromatic nitrogens is 1. The molecule has 130 valence electrons. The lowest BCUT2D eigenvalue weighted by Crippen LogP contribution is -2.21. The maximum Gasteiger partial charge on any atom is 0.212 e. The van der Waals surface area contributed by atoms with Crippen LogP contribution in [0, 0.1) is 5.92 Å². The van der Waals surface area contributed by atoms with Crippen molar-refractivity contribution in [3.8, 4) is 11.3 Å². The van der Waals surface area contributed by atoms with Gasteiger partial charge in [-0.1, -0.05) is 12.1 Å². The molecule has 1 aromatic carbocycles. The van der Waals surface area contributed by atoms with Crippen LogP contribution in [0.4, 0.5) is 10.8 Å². The van der Waals surface area contributed by atoms with E-state index < -0.39 is 0 Å². The van der Waals surface area contributed by atoms with Gasteiger partial charge in [-0.2, -0.15) is 4.99 Å². The summed E-state index contributed by atoms with van der Waals surface area (Å²) in [5.74, 6) is 0.928. The zero-order chi connectivity index (χ0) is 17.3. The van der Waals surface area contributed by atoms with Crippen LogP contribution in [0.2, 0.25) is 0 Å². The molecule has 2 saturated carbocycles. The Morgan fingerprint density at radius 2 is 2.16 bits per heavy atom. The minimum absolute atomic E-state index is 0.0213. The average Bonchev–Trinajstić information content (AvgIpc) is 3.30. The summed E-state index contributed by atoms with van der Waals surface area (Å²) in [5.41, 5.74) is 13.9. The molecule has 2 aromatic rings. The molecule has 0 spiro atoms. The van der Waals surface area contributed by atoms with Crippen molar-refractivity contribution in [3.05, 3.63) is 29.6 Å². The second-order valence-corrected chi connectivity index (χ2v) is 7.74. The number of nitrogens with zero attached hydrogens (tertiary/aromatic N) is 3. The van der Waals surface area contributed by atoms with Gasteiger partial charge in [-0.25, -0.2) is 4.98 Å². The van der Waals surface area contributed by atoms with Crippen molar-refractivity contribution in [2.24, 2.45) is 27.4 Å². The summed E-state index contributed by atoms with van der Waals surface area (Å²) in [4.78, 5) is 13.3. The molecule has 0 unspecified atom stereocenters. The summed E-state index contributed by atoms with van der Waals surface area (Å²) in [6, 6.07) is 8.12. The van der Waals surface area contributed by atoms with Gasteiger partial charge in [0.2, 0.25) is 5.13 Å². The SMILES string of the molecule is NC(N)=Nc1nc(-c2cccc(NC=NC34CCC(CC3)C4)c2)cs1. The predicted octanol–water partition coefficient (Wildman–Crippen LogP) is 3.49. The fourth-order valence-electron chi connectivity index (χ4n) is 3.91. The second kappa shape index (κ2) is 6.48. The number of guanidine groups is 1. The second-order valence-electron chi connectivity index (χ2n) is 6.91. The molecule has 25 heavy (non-hydrogen) atoms. The highest BCUT2D eigenvalue weighted by atomic mass is 32.1. The number of rotatable bonds is 5. The molecule has 0 aliphatic heterocycles. The molecule has 0 radical (unpaired) electrons. The first-order valence-electron chi connectivity index (χ1n) is 8.58. The van der Waals surface area contributed by atoms with Crippen LogP contribution in [0.15, 0.2) is 39.6 Å². The van der Waals surface area contributed by atoms with Gasteiger partial charge in [0, 0.05) is 16.6 Å². The maximum absolute atomic E-state index is 5.40. The molecule has 4 rings (SSSR count). The predicted molar refractivity (Wildman–Crippen MR) is 104 cm³/mol. The van der Waals surface area contributed by atoms with E-state index in [-0.39, 0.29) is 11.5 Å². The number of hydrogen-bond donors (Lipinski definition) is 3. The van der Waals surface area contributed by atoms with Crippen LogP contribution in [0.5, 0.6) is 0 Å². The summed E-state index contributed by atoms with van der Waals surface area (Å²) in [6.07, 6.45) is 8.30. The number of anilines is 1. The minimum atomic E-state index is 0.0213. The van der Waals surface area contributed by atoms with E-state index in [0.29, 0.717) is 5.13 Å². The lowest BCUT2D eigenvalue weighted by Gasteiger charge is -2.20. The van der Waals surface area contributed by atoms with Gasteiger partial charge in [0.05, 0.1) is 17.6 Å². The summed E-state index contributed by atoms with van der Waals surface area (Å²) < 4.78 is 0. The molecule has 2 aliphatic carbocycles. The smallest absolute Gasteiger partial charge is 0.212 e. The molecule has 2 bridgehead atoms. The number of hydrogen-bond acceptors (Lipinski definition) is 4. The standard InChI is InChI=1S/C18H22N6S/c19-16(20)24-17-23-15(10-25-17)13-2-1-3-14(8-13)21-11-22-18-6-4-12(9-18)5-7-18/h1-3,8,10-12H,4-7,9H2,(H,21,22)(H4,19,20,23,24). The zero-order valence-electron chi connectivity index (χ0n) is 14.0. The van der Waals surface area contributed by atoms with E-state index >= 15 is 0 Å². The zero-order valence-corrected chi connectivity index (χ0v) is 14.8. The van der Waals surface area contributed by atoms with E-state index in [9.17, 15) is 0 Å². The van der Waals surface area contributed by atoms with Gasteiger partial charge in [0.15, 0.2) is 5.96 Å². The van der Waals surface area contributed by atoms with E-state index in [1.165, 1.54) is 43.4 Å². The first-order chi connectivity index (χ1) is 12.1. The third-order valence-corrected chi connectivity index (χ3v) is 5.88. The molecule has 6 nitrogen and oxygen atoms in total. The lowest BCUT2D eigenvalue weighted by molar-refractivity contribution is 0.422. The van der Waals surface area contributed by atoms with Gasteiger partial charge in [-0.3, -0.25) is 4.99 Å². The van der Waals surface area contributed by atoms with Crippen molar-refractivity contribution in [1.29, 1.82) is 0 Å². The first kappa shape index (κ1) is 16.1. The van der Waals surface area contributed by atoms with E-state index in [0.717, 1.165) is 22.9 Å². The molecule has 2 aliphatic rings. The summed E-state index contributed by atoms with van der Waals surface area (Å²) in [5, 5.41) is 5.83. The third-order valence-electron chi connectivity index (χ3n) is 5.15. The van der Waals surface area contributed by atoms with Crippen molar-refractivity contribution >= 4 is 34.5 Å². The highest BCUT2D eigenvalue weighted by Gasteiger charge is 2.44. The van der Waals surface area contributed by atoms with Gasteiger partial charge >= 0.3 is 0 Å². The fraction of sp³-hybridized carbons (Fsp3) is 0.389. The molecular formula is C18H22N6S. The van der Waals surface area contributed by atoms with E-state index in [2.05, 4.69) is 21.4 Å². The van der Waals surface area contributed by atoms with Crippen LogP contribution in [-0.2, 0) is 0 Å². The Hall–Kier alpha value is -2.41. The minimum Gasteiger partial charge on any atom is -0.370 e. The van der Waals surface area contributed by atoms with Gasteiger partial charge in [0.25, 0.3) is 0 Å². The van der Waals surface area contributed by atoms with Crippen molar-refractivity contribution in [2.75, 3.05) is 5.32 Å². The molecular weight excluding hydrogens is 332 g/mol. The van der Waals surface area contributed by atoms with Crippen LogP contribution in [0.3, 0.4) is 0 Å². The Balaban J connectivity index is 1.46. The number of nitrogens with two attached hydrogens (primary N) is 2. The molecule has 0 atom stereocenters. The van der Waals surface area contributed by atoms with E-state index in [4.69, 9.17) is 16.5 Å². The summed E-state index contributed by atoms with van der Waals surface area (Å²) >= 11 is 1.41. The Morgan fingerprint density at radius 3 is 2.88 bits per heavy atom. The van der Waals surface area contributed by atoms with Crippen LogP contribution in [-0.4, -0.2) is 22.8 Å². The molecule has 0 amide bonds. The maximum atomic E-state index is 5.40. The largest absolute Gasteiger partial charge is 0.370 e. The molecule has 2 fully saturated rings. The van der Waals surface area contributed by atoms with E-state index in [1.807, 2.05) is 29.9 Å². The number of thiazole rings is 1. The van der Waals surface area contributed by atoms with Gasteiger partial charge in [-0.05, 0) is 50.2 Å². The average molecular weight is 354 g/mol. The molecule has 5 N–H and O–H groups in total. The lowest BCUT2D eigenvalue weighted by atomic mass is 9.95. The monoisotopic (exact) mass is 354 g/mol. The van der Waals surface area contributed by atoms with Gasteiger partial charge < -0.3 is 16.8 Å². The number of benzene rings is 1. The van der Waals surface area contributed by atoms with Gasteiger partial charge in [-0.15, -0.1) is 11.3 Å². The normalized spacial score (nSPS) is 24.7. The van der Waals surface area contributed by atoms with E-state index in [1.54, 1.807) is 0 Å². The Labute approximate surface area is 151 Å². The van der Waals surface area contributed by atoms with Crippen LogP contribution in [0.25, 0.3) is 11.3 Å². The highest BCUT2D eigenvalue weighted by Crippen LogP contribution is 2.49. The first-order valence-corrected chi connectivity index (χ1v) is 9.46. The van der Waals surface area contributed by atoms with Crippen molar-refractivity contribution < 1.29 is 0 Å². The van der Waals surface area contributed by atoms with Crippen LogP contribution >= 0.6 is 11.3 Å². The van der Waals surface area contributed by atoms with Crippen molar-refractivity contribution in [3.63, 3.8) is 0 Å². The fourth-order valence-corrected chi connectivity index (χ4v) is 4.63. The van der Waals surface area contributed by atoms with Crippen LogP contribution in [0.1, 0.15) is 32.1 Å². The van der Waals surface area contributed by atoms with Crippen molar-refractivity contribution in [1.82, 2.24) is 4.98 Å². The van der Waals surface area contributed by atoms with Gasteiger partial charge in [0.1, 0.15) is 0 Å². The molecule has 1 aromatic heterocycles. The molecule has 1 heterocycles. The van der Waals surface area contributed by atoms with Crippen LogP contribution < -0.4 is 16.8 Å². The number of fused-ring (bicyclic) bond motifs is 2. The Kier molecular flexibility index (Phi) is 4.17.